The molecule has 1 aromatic carbocycles. The van der Waals surface area contributed by atoms with Crippen molar-refractivity contribution in [3.63, 3.8) is 0 Å². The lowest BCUT2D eigenvalue weighted by atomic mass is 10.2. The van der Waals surface area contributed by atoms with Gasteiger partial charge in [0.2, 0.25) is 5.91 Å². The number of anilines is 2. The van der Waals surface area contributed by atoms with Crippen LogP contribution in [0.3, 0.4) is 0 Å². The Morgan fingerprint density at radius 2 is 2.31 bits per heavy atom. The third-order valence-corrected chi connectivity index (χ3v) is 2.29. The Morgan fingerprint density at radius 1 is 1.62 bits per heavy atom. The van der Waals surface area contributed by atoms with Crippen molar-refractivity contribution in [3.8, 4) is 6.07 Å². The third-order valence-electron chi connectivity index (χ3n) is 1.83. The van der Waals surface area contributed by atoms with Crippen molar-refractivity contribution in [2.24, 2.45) is 0 Å². The van der Waals surface area contributed by atoms with Gasteiger partial charge in [0.15, 0.2) is 0 Å². The van der Waals surface area contributed by atoms with E-state index in [1.54, 1.807) is 19.2 Å². The normalized spacial score (nSPS) is 9.38. The van der Waals surface area contributed by atoms with Crippen LogP contribution >= 0.6 is 15.9 Å². The van der Waals surface area contributed by atoms with Crippen LogP contribution in [0.5, 0.6) is 0 Å². The highest BCUT2D eigenvalue weighted by molar-refractivity contribution is 9.10. The number of amides is 1. The first-order chi connectivity index (χ1) is 7.58. The van der Waals surface area contributed by atoms with Gasteiger partial charge in [-0.2, -0.15) is 5.26 Å². The van der Waals surface area contributed by atoms with Gasteiger partial charge in [0.25, 0.3) is 0 Å². The SMILES string of the molecule is CNc1cc(Br)cc(F)c1NC(=O)CC#N. The minimum Gasteiger partial charge on any atom is -0.386 e. The van der Waals surface area contributed by atoms with Gasteiger partial charge in [-0.05, 0) is 12.1 Å². The van der Waals surface area contributed by atoms with E-state index < -0.39 is 11.7 Å². The highest BCUT2D eigenvalue weighted by Gasteiger charge is 2.12. The lowest BCUT2D eigenvalue weighted by Crippen LogP contribution is -2.13. The fourth-order valence-electron chi connectivity index (χ4n) is 1.15. The molecule has 0 aliphatic rings. The number of carbonyl (C=O) groups excluding carboxylic acids is 1. The second kappa shape index (κ2) is 5.47. The predicted molar refractivity (Wildman–Crippen MR) is 62.5 cm³/mol. The Balaban J connectivity index is 3.03. The van der Waals surface area contributed by atoms with Crippen molar-refractivity contribution in [3.05, 3.63) is 22.4 Å². The van der Waals surface area contributed by atoms with Gasteiger partial charge in [0, 0.05) is 11.5 Å². The van der Waals surface area contributed by atoms with E-state index in [4.69, 9.17) is 5.26 Å². The molecule has 0 fully saturated rings. The lowest BCUT2D eigenvalue weighted by Gasteiger charge is -2.11. The molecule has 0 atom stereocenters. The van der Waals surface area contributed by atoms with Crippen LogP contribution in [0.1, 0.15) is 6.42 Å². The highest BCUT2D eigenvalue weighted by Crippen LogP contribution is 2.29. The monoisotopic (exact) mass is 285 g/mol. The van der Waals surface area contributed by atoms with Crippen LogP contribution in [-0.2, 0) is 4.79 Å². The molecule has 0 aliphatic carbocycles. The number of halogens is 2. The fraction of sp³-hybridized carbons (Fsp3) is 0.200. The van der Waals surface area contributed by atoms with Gasteiger partial charge in [0.05, 0.1) is 11.8 Å². The summed E-state index contributed by atoms with van der Waals surface area (Å²) in [7, 11) is 1.61. The maximum absolute atomic E-state index is 13.5. The molecule has 6 heteroatoms. The lowest BCUT2D eigenvalue weighted by molar-refractivity contribution is -0.115. The number of hydrogen-bond donors (Lipinski definition) is 2. The summed E-state index contributed by atoms with van der Waals surface area (Å²) in [5.74, 6) is -1.11. The summed E-state index contributed by atoms with van der Waals surface area (Å²) in [6.07, 6.45) is -0.307. The fourth-order valence-corrected chi connectivity index (χ4v) is 1.58. The molecule has 0 bridgehead atoms. The van der Waals surface area contributed by atoms with Gasteiger partial charge >= 0.3 is 0 Å². The zero-order valence-corrected chi connectivity index (χ0v) is 10.1. The smallest absolute Gasteiger partial charge is 0.238 e. The standard InChI is InChI=1S/C10H9BrFN3O/c1-14-8-5-6(11)4-7(12)10(8)15-9(16)2-3-13/h4-5,14H,2H2,1H3,(H,15,16). The maximum Gasteiger partial charge on any atom is 0.238 e. The average Bonchev–Trinajstić information content (AvgIpc) is 2.22. The summed E-state index contributed by atoms with van der Waals surface area (Å²) in [6.45, 7) is 0. The van der Waals surface area contributed by atoms with Crippen LogP contribution in [0.4, 0.5) is 15.8 Å². The molecule has 1 rings (SSSR count). The van der Waals surface area contributed by atoms with Gasteiger partial charge in [-0.25, -0.2) is 4.39 Å². The van der Waals surface area contributed by atoms with Gasteiger partial charge in [-0.15, -0.1) is 0 Å². The zero-order valence-electron chi connectivity index (χ0n) is 8.47. The Hall–Kier alpha value is -1.61. The van der Waals surface area contributed by atoms with Crippen molar-refractivity contribution < 1.29 is 9.18 Å². The molecule has 0 spiro atoms. The molecule has 4 nitrogen and oxygen atoms in total. The molecule has 0 aromatic heterocycles. The number of nitrogens with zero attached hydrogens (tertiary/aromatic N) is 1. The predicted octanol–water partition coefficient (Wildman–Crippen LogP) is 2.48. The van der Waals surface area contributed by atoms with Crippen LogP contribution in [0, 0.1) is 17.1 Å². The van der Waals surface area contributed by atoms with Crippen molar-refractivity contribution >= 4 is 33.2 Å². The number of nitriles is 1. The average molecular weight is 286 g/mol. The molecule has 0 heterocycles. The van der Waals surface area contributed by atoms with Crippen molar-refractivity contribution in [1.29, 1.82) is 5.26 Å². The van der Waals surface area contributed by atoms with Crippen molar-refractivity contribution in [2.75, 3.05) is 17.7 Å². The van der Waals surface area contributed by atoms with E-state index in [2.05, 4.69) is 26.6 Å². The topological polar surface area (TPSA) is 64.9 Å². The van der Waals surface area contributed by atoms with Crippen LogP contribution in [0.15, 0.2) is 16.6 Å². The van der Waals surface area contributed by atoms with Gasteiger partial charge < -0.3 is 10.6 Å². The Bertz CT molecular complexity index is 456. The second-order valence-corrected chi connectivity index (χ2v) is 3.86. The van der Waals surface area contributed by atoms with E-state index >= 15 is 0 Å². The Kier molecular flexibility index (Phi) is 4.26. The summed E-state index contributed by atoms with van der Waals surface area (Å²) in [5, 5.41) is 13.4. The number of benzene rings is 1. The molecule has 0 aliphatic heterocycles. The molecule has 0 radical (unpaired) electrons. The van der Waals surface area contributed by atoms with E-state index in [1.165, 1.54) is 6.07 Å². The van der Waals surface area contributed by atoms with E-state index in [-0.39, 0.29) is 12.1 Å². The molecular formula is C10H9BrFN3O. The molecule has 84 valence electrons. The summed E-state index contributed by atoms with van der Waals surface area (Å²) in [6, 6.07) is 4.56. The molecule has 16 heavy (non-hydrogen) atoms. The van der Waals surface area contributed by atoms with Gasteiger partial charge in [-0.3, -0.25) is 4.79 Å². The molecule has 0 saturated carbocycles. The molecule has 1 amide bonds. The van der Waals surface area contributed by atoms with E-state index in [0.29, 0.717) is 10.2 Å². The summed E-state index contributed by atoms with van der Waals surface area (Å²) < 4.78 is 14.1. The number of carbonyl (C=O) groups is 1. The summed E-state index contributed by atoms with van der Waals surface area (Å²) in [5.41, 5.74) is 0.490. The highest BCUT2D eigenvalue weighted by atomic mass is 79.9. The van der Waals surface area contributed by atoms with E-state index in [0.717, 1.165) is 0 Å². The number of hydrogen-bond acceptors (Lipinski definition) is 3. The van der Waals surface area contributed by atoms with Crippen LogP contribution in [0.2, 0.25) is 0 Å². The minimum absolute atomic E-state index is 0.0472. The largest absolute Gasteiger partial charge is 0.386 e. The summed E-state index contributed by atoms with van der Waals surface area (Å²) >= 11 is 3.14. The third kappa shape index (κ3) is 2.94. The van der Waals surface area contributed by atoms with Gasteiger partial charge in [0.1, 0.15) is 17.9 Å². The Labute approximate surface area is 101 Å². The second-order valence-electron chi connectivity index (χ2n) is 2.94. The first kappa shape index (κ1) is 12.5. The first-order valence-corrected chi connectivity index (χ1v) is 5.21. The van der Waals surface area contributed by atoms with Crippen LogP contribution < -0.4 is 10.6 Å². The Morgan fingerprint density at radius 3 is 2.88 bits per heavy atom. The number of rotatable bonds is 3. The van der Waals surface area contributed by atoms with Gasteiger partial charge in [-0.1, -0.05) is 15.9 Å². The van der Waals surface area contributed by atoms with Crippen LogP contribution in [-0.4, -0.2) is 13.0 Å². The quantitative estimate of drug-likeness (QED) is 0.897. The molecule has 1 aromatic rings. The zero-order chi connectivity index (χ0) is 12.1. The molecule has 0 saturated heterocycles. The molecular weight excluding hydrogens is 277 g/mol. The number of nitrogens with one attached hydrogen (secondary N) is 2. The van der Waals surface area contributed by atoms with E-state index in [1.807, 2.05) is 0 Å². The molecule has 2 N–H and O–H groups in total. The molecule has 0 unspecified atom stereocenters. The van der Waals surface area contributed by atoms with Crippen molar-refractivity contribution in [2.45, 2.75) is 6.42 Å². The van der Waals surface area contributed by atoms with E-state index in [9.17, 15) is 9.18 Å². The van der Waals surface area contributed by atoms with Crippen molar-refractivity contribution in [1.82, 2.24) is 0 Å². The first-order valence-electron chi connectivity index (χ1n) is 4.42. The minimum atomic E-state index is -0.565. The van der Waals surface area contributed by atoms with Crippen LogP contribution in [0.25, 0.3) is 0 Å². The maximum atomic E-state index is 13.5. The summed E-state index contributed by atoms with van der Waals surface area (Å²) in [4.78, 5) is 11.2.